The maximum absolute atomic E-state index is 14.5. The fourth-order valence-corrected chi connectivity index (χ4v) is 5.93. The lowest BCUT2D eigenvalue weighted by molar-refractivity contribution is -0.139. The summed E-state index contributed by atoms with van der Waals surface area (Å²) in [6, 6.07) is 11.6. The minimum absolute atomic E-state index is 0.00321. The molecular formula is C33H43F3N2O8S. The van der Waals surface area contributed by atoms with Gasteiger partial charge in [-0.25, -0.2) is 9.00 Å². The SMILES string of the molecule is COCCOCc1cc(CN(C(=O)[C@H]2CN(C(=O)OC(C)(C)C)CC[C@@H]2c2cccc(OS(=O)C(F)(F)F)c2)C2CC2)cc(OC)c1. The molecule has 0 aromatic heterocycles. The van der Waals surface area contributed by atoms with Crippen molar-refractivity contribution >= 4 is 23.1 Å². The van der Waals surface area contributed by atoms with Gasteiger partial charge in [0.1, 0.15) is 17.1 Å². The molecule has 2 fully saturated rings. The van der Waals surface area contributed by atoms with Crippen molar-refractivity contribution in [3.8, 4) is 11.5 Å². The first kappa shape index (κ1) is 36.5. The van der Waals surface area contributed by atoms with E-state index in [1.807, 2.05) is 23.1 Å². The summed E-state index contributed by atoms with van der Waals surface area (Å²) in [6.07, 6.45) is 1.45. The smallest absolute Gasteiger partial charge is 0.497 e. The fraction of sp³-hybridized carbons (Fsp3) is 0.576. The largest absolute Gasteiger partial charge is 0.508 e. The van der Waals surface area contributed by atoms with E-state index in [1.165, 1.54) is 23.1 Å². The van der Waals surface area contributed by atoms with E-state index in [0.29, 0.717) is 37.6 Å². The number of nitrogens with zero attached hydrogens (tertiary/aromatic N) is 2. The van der Waals surface area contributed by atoms with Crippen molar-refractivity contribution in [2.24, 2.45) is 5.92 Å². The van der Waals surface area contributed by atoms with Crippen LogP contribution in [0.25, 0.3) is 0 Å². The zero-order valence-electron chi connectivity index (χ0n) is 27.3. The summed E-state index contributed by atoms with van der Waals surface area (Å²) in [5.41, 5.74) is -3.52. The lowest BCUT2D eigenvalue weighted by Gasteiger charge is -2.40. The minimum atomic E-state index is -5.05. The van der Waals surface area contributed by atoms with Gasteiger partial charge in [-0.05, 0) is 86.9 Å². The van der Waals surface area contributed by atoms with E-state index in [9.17, 15) is 27.0 Å². The van der Waals surface area contributed by atoms with Crippen molar-refractivity contribution in [1.82, 2.24) is 9.80 Å². The number of hydrogen-bond donors (Lipinski definition) is 0. The molecule has 0 N–H and O–H groups in total. The van der Waals surface area contributed by atoms with Crippen molar-refractivity contribution < 1.29 is 50.1 Å². The molecule has 2 aliphatic rings. The molecule has 1 heterocycles. The van der Waals surface area contributed by atoms with Crippen LogP contribution in [0, 0.1) is 5.92 Å². The molecule has 47 heavy (non-hydrogen) atoms. The van der Waals surface area contributed by atoms with Gasteiger partial charge in [0.2, 0.25) is 5.91 Å². The highest BCUT2D eigenvalue weighted by atomic mass is 32.2. The summed E-state index contributed by atoms with van der Waals surface area (Å²) < 4.78 is 77.1. The summed E-state index contributed by atoms with van der Waals surface area (Å²) in [4.78, 5) is 31.0. The molecule has 1 saturated carbocycles. The Labute approximate surface area is 276 Å². The maximum Gasteiger partial charge on any atom is 0.508 e. The van der Waals surface area contributed by atoms with Gasteiger partial charge >= 0.3 is 22.7 Å². The van der Waals surface area contributed by atoms with E-state index in [2.05, 4.69) is 0 Å². The number of carbonyl (C=O) groups is 2. The van der Waals surface area contributed by atoms with Gasteiger partial charge in [0.25, 0.3) is 0 Å². The van der Waals surface area contributed by atoms with Crippen LogP contribution >= 0.6 is 0 Å². The molecule has 3 atom stereocenters. The van der Waals surface area contributed by atoms with E-state index in [4.69, 9.17) is 23.1 Å². The van der Waals surface area contributed by atoms with Gasteiger partial charge in [-0.2, -0.15) is 13.2 Å². The van der Waals surface area contributed by atoms with Crippen LogP contribution in [0.2, 0.25) is 0 Å². The van der Waals surface area contributed by atoms with Crippen molar-refractivity contribution in [3.05, 3.63) is 59.2 Å². The Kier molecular flexibility index (Phi) is 12.2. The minimum Gasteiger partial charge on any atom is -0.497 e. The highest BCUT2D eigenvalue weighted by molar-refractivity contribution is 7.81. The third-order valence-electron chi connectivity index (χ3n) is 7.81. The standard InChI is InChI=1S/C33H43F3N2O8S/c1-32(2,3)45-31(40)37-12-11-28(24-7-6-8-26(18-24)46-47(41)33(34,35)36)29(20-37)30(39)38(25-9-10-25)19-22-15-23(17-27(16-22)43-5)21-44-14-13-42-4/h6-8,15-18,25,28-29H,9-14,19-21H2,1-5H3/t28-,29+,47?/m1/s1. The predicted octanol–water partition coefficient (Wildman–Crippen LogP) is 5.95. The second-order valence-electron chi connectivity index (χ2n) is 12.7. The topological polar surface area (TPSA) is 104 Å². The van der Waals surface area contributed by atoms with Gasteiger partial charge < -0.3 is 32.9 Å². The molecule has 14 heteroatoms. The summed E-state index contributed by atoms with van der Waals surface area (Å²) in [5, 5.41) is 0. The van der Waals surface area contributed by atoms with Gasteiger partial charge in [0, 0.05) is 32.8 Å². The van der Waals surface area contributed by atoms with Crippen LogP contribution in [0.4, 0.5) is 18.0 Å². The summed E-state index contributed by atoms with van der Waals surface area (Å²) >= 11 is -3.55. The van der Waals surface area contributed by atoms with Crippen LogP contribution in [-0.2, 0) is 43.2 Å². The van der Waals surface area contributed by atoms with Crippen LogP contribution in [0.5, 0.6) is 11.5 Å². The molecule has 2 aromatic carbocycles. The molecule has 0 spiro atoms. The van der Waals surface area contributed by atoms with Crippen LogP contribution < -0.4 is 8.92 Å². The fourth-order valence-electron chi connectivity index (χ4n) is 5.56. The molecule has 0 bridgehead atoms. The predicted molar refractivity (Wildman–Crippen MR) is 168 cm³/mol. The summed E-state index contributed by atoms with van der Waals surface area (Å²) in [7, 11) is 3.17. The van der Waals surface area contributed by atoms with Crippen molar-refractivity contribution in [3.63, 3.8) is 0 Å². The molecule has 1 aliphatic carbocycles. The van der Waals surface area contributed by atoms with Gasteiger partial charge in [-0.3, -0.25) is 4.79 Å². The number of benzene rings is 2. The Balaban J connectivity index is 1.63. The number of likely N-dealkylation sites (tertiary alicyclic amines) is 1. The van der Waals surface area contributed by atoms with E-state index in [1.54, 1.807) is 41.1 Å². The number of piperidine rings is 1. The summed E-state index contributed by atoms with van der Waals surface area (Å²) in [6.45, 7) is 7.10. The monoisotopic (exact) mass is 684 g/mol. The molecule has 1 saturated heterocycles. The number of hydrogen-bond acceptors (Lipinski definition) is 8. The lowest BCUT2D eigenvalue weighted by Crippen LogP contribution is -2.51. The molecule has 10 nitrogen and oxygen atoms in total. The first-order chi connectivity index (χ1) is 22.2. The van der Waals surface area contributed by atoms with Crippen molar-refractivity contribution in [2.75, 3.05) is 40.5 Å². The van der Waals surface area contributed by atoms with Gasteiger partial charge in [0.05, 0.1) is 32.8 Å². The molecule has 1 unspecified atom stereocenters. The Morgan fingerprint density at radius 2 is 1.70 bits per heavy atom. The third-order valence-corrected chi connectivity index (χ3v) is 8.54. The lowest BCUT2D eigenvalue weighted by atomic mass is 9.79. The molecule has 2 amide bonds. The number of halogens is 3. The quantitative estimate of drug-likeness (QED) is 0.239. The van der Waals surface area contributed by atoms with Gasteiger partial charge in [0.15, 0.2) is 0 Å². The Hall–Kier alpha value is -3.36. The first-order valence-corrected chi connectivity index (χ1v) is 16.5. The van der Waals surface area contributed by atoms with Crippen molar-refractivity contribution in [1.29, 1.82) is 0 Å². The number of amides is 2. The Morgan fingerprint density at radius 3 is 2.34 bits per heavy atom. The number of methoxy groups -OCH3 is 2. The van der Waals surface area contributed by atoms with Crippen LogP contribution in [0.3, 0.4) is 0 Å². The first-order valence-electron chi connectivity index (χ1n) is 15.5. The number of ether oxygens (including phenoxy) is 4. The normalized spacial score (nSPS) is 19.2. The highest BCUT2D eigenvalue weighted by Crippen LogP contribution is 2.39. The second-order valence-corrected chi connectivity index (χ2v) is 13.8. The molecular weight excluding hydrogens is 641 g/mol. The second kappa shape index (κ2) is 15.7. The average molecular weight is 685 g/mol. The molecule has 0 radical (unpaired) electrons. The highest BCUT2D eigenvalue weighted by Gasteiger charge is 2.44. The molecule has 260 valence electrons. The molecule has 4 rings (SSSR count). The van der Waals surface area contributed by atoms with E-state index in [0.717, 1.165) is 24.0 Å². The van der Waals surface area contributed by atoms with Crippen molar-refractivity contribution in [2.45, 2.75) is 76.3 Å². The molecule has 2 aromatic rings. The number of carbonyl (C=O) groups excluding carboxylic acids is 2. The van der Waals surface area contributed by atoms with Gasteiger partial charge in [-0.15, -0.1) is 0 Å². The van der Waals surface area contributed by atoms with Crippen LogP contribution in [-0.4, -0.2) is 83.7 Å². The average Bonchev–Trinajstić information content (AvgIpc) is 3.86. The number of rotatable bonds is 13. The number of alkyl halides is 3. The summed E-state index contributed by atoms with van der Waals surface area (Å²) in [5.74, 6) is -0.981. The van der Waals surface area contributed by atoms with Crippen LogP contribution in [0.15, 0.2) is 42.5 Å². The third kappa shape index (κ3) is 10.6. The van der Waals surface area contributed by atoms with Gasteiger partial charge in [-0.1, -0.05) is 18.2 Å². The Bertz CT molecular complexity index is 1410. The van der Waals surface area contributed by atoms with E-state index in [-0.39, 0.29) is 37.3 Å². The zero-order valence-corrected chi connectivity index (χ0v) is 28.2. The molecule has 1 aliphatic heterocycles. The zero-order chi connectivity index (χ0) is 34.4. The Morgan fingerprint density at radius 1 is 0.979 bits per heavy atom. The van der Waals surface area contributed by atoms with E-state index < -0.39 is 40.1 Å². The maximum atomic E-state index is 14.5. The van der Waals surface area contributed by atoms with Crippen LogP contribution in [0.1, 0.15) is 62.6 Å². The van der Waals surface area contributed by atoms with E-state index >= 15 is 0 Å².